The number of benzene rings is 3. The molecule has 0 spiro atoms. The first-order chi connectivity index (χ1) is 17.5. The van der Waals surface area contributed by atoms with Crippen LogP contribution in [0, 0.1) is 0 Å². The van der Waals surface area contributed by atoms with Gasteiger partial charge in [-0.1, -0.05) is 78.9 Å². The fourth-order valence-corrected chi connectivity index (χ4v) is 3.63. The van der Waals surface area contributed by atoms with Gasteiger partial charge in [-0.05, 0) is 17.7 Å². The average Bonchev–Trinajstić information content (AvgIpc) is 2.94. The summed E-state index contributed by atoms with van der Waals surface area (Å²) in [6, 6.07) is 24.5. The van der Waals surface area contributed by atoms with Gasteiger partial charge in [0.25, 0.3) is 0 Å². The second-order valence-corrected chi connectivity index (χ2v) is 7.69. The first-order valence-electron chi connectivity index (χ1n) is 11.2. The molecule has 7 nitrogen and oxygen atoms in total. The zero-order valence-electron chi connectivity index (χ0n) is 20.3. The predicted molar refractivity (Wildman–Crippen MR) is 137 cm³/mol. The lowest BCUT2D eigenvalue weighted by Gasteiger charge is -2.16. The average molecular weight is 486 g/mol. The molecule has 1 unspecified atom stereocenters. The van der Waals surface area contributed by atoms with Gasteiger partial charge in [0.2, 0.25) is 0 Å². The molecule has 0 aliphatic rings. The normalized spacial score (nSPS) is 11.7. The molecule has 0 aliphatic heterocycles. The van der Waals surface area contributed by atoms with E-state index in [1.54, 1.807) is 24.3 Å². The van der Waals surface area contributed by atoms with Crippen molar-refractivity contribution in [3.05, 3.63) is 113 Å². The minimum Gasteiger partial charge on any atom is -0.467 e. The van der Waals surface area contributed by atoms with Crippen molar-refractivity contribution in [2.75, 3.05) is 21.3 Å². The Labute approximate surface area is 210 Å². The standard InChI is InChI=1S/C29H27NO6/c1-34-27(31)23(18-22-16-10-11-17-24(22)28(32)35-2)19-25(29(33)36-3)30-26(20-12-6-4-7-13-20)21-14-8-5-9-15-21/h4-18,25H,19H2,1-3H3/b23-18+. The summed E-state index contributed by atoms with van der Waals surface area (Å²) in [6.45, 7) is 0. The smallest absolute Gasteiger partial charge is 0.338 e. The fraction of sp³-hybridized carbons (Fsp3) is 0.172. The Morgan fingerprint density at radius 2 is 1.31 bits per heavy atom. The fourth-order valence-electron chi connectivity index (χ4n) is 3.63. The van der Waals surface area contributed by atoms with E-state index in [2.05, 4.69) is 0 Å². The number of hydrogen-bond donors (Lipinski definition) is 0. The number of rotatable bonds is 9. The molecular formula is C29H27NO6. The molecule has 184 valence electrons. The summed E-state index contributed by atoms with van der Waals surface area (Å²) in [5.41, 5.74) is 3.05. The lowest BCUT2D eigenvalue weighted by Crippen LogP contribution is -2.25. The van der Waals surface area contributed by atoms with Gasteiger partial charge in [0.1, 0.15) is 0 Å². The van der Waals surface area contributed by atoms with E-state index in [0.29, 0.717) is 11.3 Å². The molecule has 3 rings (SSSR count). The molecule has 0 fully saturated rings. The largest absolute Gasteiger partial charge is 0.467 e. The summed E-state index contributed by atoms with van der Waals surface area (Å²) in [6.07, 6.45) is 1.40. The second-order valence-electron chi connectivity index (χ2n) is 7.69. The molecule has 1 atom stereocenters. The minimum absolute atomic E-state index is 0.113. The van der Waals surface area contributed by atoms with Crippen molar-refractivity contribution < 1.29 is 28.6 Å². The summed E-state index contributed by atoms with van der Waals surface area (Å²) in [5, 5.41) is 0. The number of aliphatic imine (C=N–C) groups is 1. The van der Waals surface area contributed by atoms with Crippen LogP contribution in [0.15, 0.2) is 95.5 Å². The molecule has 3 aromatic rings. The van der Waals surface area contributed by atoms with Gasteiger partial charge in [-0.25, -0.2) is 14.4 Å². The highest BCUT2D eigenvalue weighted by Gasteiger charge is 2.26. The number of methoxy groups -OCH3 is 3. The van der Waals surface area contributed by atoms with Gasteiger partial charge >= 0.3 is 17.9 Å². The molecule has 0 aromatic heterocycles. The molecule has 0 saturated carbocycles. The quantitative estimate of drug-likeness (QED) is 0.192. The molecule has 0 amide bonds. The van der Waals surface area contributed by atoms with Crippen molar-refractivity contribution in [3.8, 4) is 0 Å². The Hall–Kier alpha value is -4.52. The van der Waals surface area contributed by atoms with Crippen molar-refractivity contribution in [2.45, 2.75) is 12.5 Å². The van der Waals surface area contributed by atoms with Gasteiger partial charge in [0.15, 0.2) is 6.04 Å². The Morgan fingerprint density at radius 3 is 1.83 bits per heavy atom. The molecule has 0 aliphatic carbocycles. The highest BCUT2D eigenvalue weighted by Crippen LogP contribution is 2.21. The first kappa shape index (κ1) is 26.1. The van der Waals surface area contributed by atoms with Gasteiger partial charge in [-0.15, -0.1) is 0 Å². The Bertz CT molecular complexity index is 1220. The van der Waals surface area contributed by atoms with Crippen molar-refractivity contribution >= 4 is 29.7 Å². The van der Waals surface area contributed by atoms with Crippen molar-refractivity contribution in [1.82, 2.24) is 0 Å². The molecular weight excluding hydrogens is 458 g/mol. The van der Waals surface area contributed by atoms with Crippen molar-refractivity contribution in [2.24, 2.45) is 4.99 Å². The maximum absolute atomic E-state index is 12.8. The molecule has 0 saturated heterocycles. The van der Waals surface area contributed by atoms with E-state index in [0.717, 1.165) is 11.1 Å². The third-order valence-electron chi connectivity index (χ3n) is 5.41. The van der Waals surface area contributed by atoms with Gasteiger partial charge in [0, 0.05) is 23.1 Å². The topological polar surface area (TPSA) is 91.3 Å². The van der Waals surface area contributed by atoms with Crippen LogP contribution in [0.1, 0.15) is 33.5 Å². The Balaban J connectivity index is 2.12. The zero-order chi connectivity index (χ0) is 25.9. The van der Waals surface area contributed by atoms with Crippen molar-refractivity contribution in [3.63, 3.8) is 0 Å². The van der Waals surface area contributed by atoms with E-state index in [1.165, 1.54) is 27.4 Å². The second kappa shape index (κ2) is 12.8. The van der Waals surface area contributed by atoms with Crippen LogP contribution in [0.2, 0.25) is 0 Å². The maximum Gasteiger partial charge on any atom is 0.338 e. The molecule has 36 heavy (non-hydrogen) atoms. The van der Waals surface area contributed by atoms with Crippen LogP contribution in [0.3, 0.4) is 0 Å². The third kappa shape index (κ3) is 6.54. The highest BCUT2D eigenvalue weighted by atomic mass is 16.5. The minimum atomic E-state index is -1.05. The van der Waals surface area contributed by atoms with Gasteiger partial charge < -0.3 is 14.2 Å². The van der Waals surface area contributed by atoms with E-state index in [9.17, 15) is 14.4 Å². The third-order valence-corrected chi connectivity index (χ3v) is 5.41. The van der Waals surface area contributed by atoms with Crippen LogP contribution < -0.4 is 0 Å². The molecule has 7 heteroatoms. The van der Waals surface area contributed by atoms with Gasteiger partial charge in [0.05, 0.1) is 32.6 Å². The Morgan fingerprint density at radius 1 is 0.750 bits per heavy atom. The molecule has 3 aromatic carbocycles. The van der Waals surface area contributed by atoms with E-state index >= 15 is 0 Å². The lowest BCUT2D eigenvalue weighted by molar-refractivity contribution is -0.142. The summed E-state index contributed by atoms with van der Waals surface area (Å²) in [4.78, 5) is 42.6. The summed E-state index contributed by atoms with van der Waals surface area (Å²) in [5.74, 6) is -1.82. The monoisotopic (exact) mass is 485 g/mol. The van der Waals surface area contributed by atoms with Crippen LogP contribution in [-0.2, 0) is 23.8 Å². The first-order valence-corrected chi connectivity index (χ1v) is 11.2. The zero-order valence-corrected chi connectivity index (χ0v) is 20.3. The lowest BCUT2D eigenvalue weighted by atomic mass is 9.98. The SMILES string of the molecule is COC(=O)/C(=C/c1ccccc1C(=O)OC)CC(N=C(c1ccccc1)c1ccccc1)C(=O)OC. The summed E-state index contributed by atoms with van der Waals surface area (Å²) < 4.78 is 14.9. The van der Waals surface area contributed by atoms with Crippen LogP contribution in [-0.4, -0.2) is 51.0 Å². The number of ether oxygens (including phenoxy) is 3. The number of carbonyl (C=O) groups excluding carboxylic acids is 3. The van der Waals surface area contributed by atoms with Crippen molar-refractivity contribution in [1.29, 1.82) is 0 Å². The molecule has 0 N–H and O–H groups in total. The molecule has 0 radical (unpaired) electrons. The summed E-state index contributed by atoms with van der Waals surface area (Å²) >= 11 is 0. The molecule has 0 heterocycles. The predicted octanol–water partition coefficient (Wildman–Crippen LogP) is 4.50. The maximum atomic E-state index is 12.8. The number of carbonyl (C=O) groups is 3. The van der Waals surface area contributed by atoms with Crippen LogP contribution in [0.4, 0.5) is 0 Å². The van der Waals surface area contributed by atoms with Gasteiger partial charge in [-0.3, -0.25) is 4.99 Å². The van der Waals surface area contributed by atoms with E-state index in [4.69, 9.17) is 19.2 Å². The number of nitrogens with zero attached hydrogens (tertiary/aromatic N) is 1. The van der Waals surface area contributed by atoms with E-state index < -0.39 is 23.9 Å². The van der Waals surface area contributed by atoms with Crippen LogP contribution >= 0.6 is 0 Å². The molecule has 0 bridgehead atoms. The summed E-state index contributed by atoms with van der Waals surface area (Å²) in [7, 11) is 3.79. The van der Waals surface area contributed by atoms with E-state index in [-0.39, 0.29) is 17.6 Å². The number of esters is 3. The highest BCUT2D eigenvalue weighted by molar-refractivity contribution is 6.13. The van der Waals surface area contributed by atoms with Crippen LogP contribution in [0.25, 0.3) is 6.08 Å². The number of hydrogen-bond acceptors (Lipinski definition) is 7. The Kier molecular flexibility index (Phi) is 9.28. The van der Waals surface area contributed by atoms with E-state index in [1.807, 2.05) is 60.7 Å². The van der Waals surface area contributed by atoms with Gasteiger partial charge in [-0.2, -0.15) is 0 Å². The van der Waals surface area contributed by atoms with Crippen LogP contribution in [0.5, 0.6) is 0 Å².